The van der Waals surface area contributed by atoms with Gasteiger partial charge in [0.05, 0.1) is 0 Å². The zero-order valence-electron chi connectivity index (χ0n) is 10.6. The van der Waals surface area contributed by atoms with Crippen molar-refractivity contribution in [2.24, 2.45) is 0 Å². The highest BCUT2D eigenvalue weighted by Gasteiger charge is 2.25. The minimum atomic E-state index is 0.826. The molecule has 0 bridgehead atoms. The summed E-state index contributed by atoms with van der Waals surface area (Å²) in [7, 11) is 2.19. The largest absolute Gasteiger partial charge is 0.303 e. The predicted octanol–water partition coefficient (Wildman–Crippen LogP) is 3.72. The first-order valence-electron chi connectivity index (χ1n) is 5.91. The van der Waals surface area contributed by atoms with E-state index < -0.39 is 0 Å². The molecule has 88 valence electrons. The van der Waals surface area contributed by atoms with Crippen molar-refractivity contribution in [2.45, 2.75) is 32.2 Å². The van der Waals surface area contributed by atoms with Gasteiger partial charge in [-0.25, -0.2) is 0 Å². The molecule has 0 aromatic carbocycles. The molecule has 0 atom stereocenters. The lowest BCUT2D eigenvalue weighted by atomic mass is 10.1. The van der Waals surface area contributed by atoms with Crippen molar-refractivity contribution in [3.63, 3.8) is 0 Å². The first-order valence-corrected chi connectivity index (χ1v) is 5.91. The number of hydrogen-bond donors (Lipinski definition) is 0. The second-order valence-corrected chi connectivity index (χ2v) is 4.77. The molecule has 0 aromatic heterocycles. The molecule has 0 spiro atoms. The summed E-state index contributed by atoms with van der Waals surface area (Å²) in [5.74, 6) is 0. The maximum Gasteiger partial charge on any atom is 0.00935 e. The van der Waals surface area contributed by atoms with Crippen LogP contribution in [0.2, 0.25) is 0 Å². The van der Waals surface area contributed by atoms with E-state index in [0.29, 0.717) is 0 Å². The molecule has 1 nitrogen and oxygen atoms in total. The van der Waals surface area contributed by atoms with Crippen LogP contribution < -0.4 is 0 Å². The van der Waals surface area contributed by atoms with Gasteiger partial charge in [0.2, 0.25) is 0 Å². The van der Waals surface area contributed by atoms with Crippen LogP contribution in [0.25, 0.3) is 0 Å². The number of rotatable bonds is 7. The van der Waals surface area contributed by atoms with E-state index in [1.165, 1.54) is 12.8 Å². The molecular weight excluding hydrogens is 194 g/mol. The Morgan fingerprint density at radius 1 is 1.25 bits per heavy atom. The lowest BCUT2D eigenvalue weighted by molar-refractivity contribution is 0.329. The molecule has 1 aliphatic rings. The maximum atomic E-state index is 4.08. The molecule has 1 rings (SSSR count). The first kappa shape index (κ1) is 13.0. The summed E-state index contributed by atoms with van der Waals surface area (Å²) in [6.07, 6.45) is 7.71. The van der Waals surface area contributed by atoms with E-state index in [1.807, 2.05) is 19.1 Å². The Balaban J connectivity index is 2.28. The van der Waals surface area contributed by atoms with Crippen molar-refractivity contribution >= 4 is 0 Å². The highest BCUT2D eigenvalue weighted by molar-refractivity contribution is 5.37. The smallest absolute Gasteiger partial charge is 0.00935 e. The zero-order valence-corrected chi connectivity index (χ0v) is 10.6. The van der Waals surface area contributed by atoms with Crippen LogP contribution in [0.3, 0.4) is 0 Å². The van der Waals surface area contributed by atoms with Gasteiger partial charge in [-0.05, 0) is 44.4 Å². The van der Waals surface area contributed by atoms with E-state index >= 15 is 0 Å². The van der Waals surface area contributed by atoms with E-state index in [-0.39, 0.29) is 0 Å². The number of nitrogens with zero attached hydrogens (tertiary/aromatic N) is 1. The molecule has 0 aromatic rings. The SMILES string of the molecule is C=C(C)/C=C\C(=C)C(=C)CCN(C)C1CC1. The summed E-state index contributed by atoms with van der Waals surface area (Å²) in [4.78, 5) is 2.42. The van der Waals surface area contributed by atoms with E-state index in [9.17, 15) is 0 Å². The fourth-order valence-electron chi connectivity index (χ4n) is 1.53. The molecule has 0 heterocycles. The third kappa shape index (κ3) is 4.63. The molecule has 0 radical (unpaired) electrons. The van der Waals surface area contributed by atoms with Crippen LogP contribution in [0.1, 0.15) is 26.2 Å². The summed E-state index contributed by atoms with van der Waals surface area (Å²) in [5, 5.41) is 0. The van der Waals surface area contributed by atoms with Crippen LogP contribution in [0.5, 0.6) is 0 Å². The molecule has 1 fully saturated rings. The first-order chi connectivity index (χ1) is 7.50. The van der Waals surface area contributed by atoms with E-state index in [1.54, 1.807) is 0 Å². The Kier molecular flexibility index (Phi) is 4.75. The predicted molar refractivity (Wildman–Crippen MR) is 72.5 cm³/mol. The average Bonchev–Trinajstić information content (AvgIpc) is 3.05. The quantitative estimate of drug-likeness (QED) is 0.588. The van der Waals surface area contributed by atoms with Crippen LogP contribution in [-0.4, -0.2) is 24.5 Å². The standard InChI is InChI=1S/C15H23N/c1-12(2)6-7-13(3)14(4)10-11-16(5)15-8-9-15/h6-7,15H,1,3-4,8-11H2,2,5H3/b7-6-. The molecular formula is C15H23N. The van der Waals surface area contributed by atoms with Crippen molar-refractivity contribution in [3.05, 3.63) is 48.6 Å². The van der Waals surface area contributed by atoms with E-state index in [4.69, 9.17) is 0 Å². The molecule has 0 N–H and O–H groups in total. The molecule has 1 heteroatoms. The second-order valence-electron chi connectivity index (χ2n) is 4.77. The van der Waals surface area contributed by atoms with E-state index in [2.05, 4.69) is 31.7 Å². The van der Waals surface area contributed by atoms with Crippen molar-refractivity contribution in [1.82, 2.24) is 4.90 Å². The van der Waals surface area contributed by atoms with Gasteiger partial charge in [-0.3, -0.25) is 0 Å². The molecule has 0 aliphatic heterocycles. The van der Waals surface area contributed by atoms with Crippen LogP contribution in [-0.2, 0) is 0 Å². The Morgan fingerprint density at radius 2 is 1.88 bits per heavy atom. The topological polar surface area (TPSA) is 3.24 Å². The Hall–Kier alpha value is -1.08. The minimum Gasteiger partial charge on any atom is -0.303 e. The summed E-state index contributed by atoms with van der Waals surface area (Å²) >= 11 is 0. The van der Waals surface area contributed by atoms with Gasteiger partial charge >= 0.3 is 0 Å². The fraction of sp³-hybridized carbons (Fsp3) is 0.467. The van der Waals surface area contributed by atoms with Crippen LogP contribution >= 0.6 is 0 Å². The third-order valence-electron chi connectivity index (χ3n) is 2.96. The second kappa shape index (κ2) is 5.86. The van der Waals surface area contributed by atoms with Gasteiger partial charge in [0, 0.05) is 12.6 Å². The van der Waals surface area contributed by atoms with Crippen molar-refractivity contribution in [2.75, 3.05) is 13.6 Å². The number of hydrogen-bond acceptors (Lipinski definition) is 1. The summed E-state index contributed by atoms with van der Waals surface area (Å²) in [5.41, 5.74) is 3.20. The van der Waals surface area contributed by atoms with Gasteiger partial charge in [0.25, 0.3) is 0 Å². The third-order valence-corrected chi connectivity index (χ3v) is 2.96. The highest BCUT2D eigenvalue weighted by Crippen LogP contribution is 2.26. The summed E-state index contributed by atoms with van der Waals surface area (Å²) in [6.45, 7) is 15.0. The minimum absolute atomic E-state index is 0.826. The zero-order chi connectivity index (χ0) is 12.1. The van der Waals surface area contributed by atoms with Crippen LogP contribution in [0, 0.1) is 0 Å². The van der Waals surface area contributed by atoms with Crippen molar-refractivity contribution in [3.8, 4) is 0 Å². The van der Waals surface area contributed by atoms with Gasteiger partial charge in [-0.15, -0.1) is 0 Å². The molecule has 16 heavy (non-hydrogen) atoms. The molecule has 1 saturated carbocycles. The Bertz CT molecular complexity index is 318. The molecule has 1 aliphatic carbocycles. The summed E-state index contributed by atoms with van der Waals surface area (Å²) < 4.78 is 0. The van der Waals surface area contributed by atoms with Crippen LogP contribution in [0.4, 0.5) is 0 Å². The lowest BCUT2D eigenvalue weighted by Gasteiger charge is -2.16. The van der Waals surface area contributed by atoms with Crippen molar-refractivity contribution < 1.29 is 0 Å². The van der Waals surface area contributed by atoms with Crippen molar-refractivity contribution in [1.29, 1.82) is 0 Å². The van der Waals surface area contributed by atoms with E-state index in [0.717, 1.165) is 35.7 Å². The average molecular weight is 217 g/mol. The highest BCUT2D eigenvalue weighted by atomic mass is 15.1. The van der Waals surface area contributed by atoms with Gasteiger partial charge in [-0.1, -0.05) is 37.5 Å². The monoisotopic (exact) mass is 217 g/mol. The lowest BCUT2D eigenvalue weighted by Crippen LogP contribution is -2.22. The molecule has 0 unspecified atom stereocenters. The Labute approximate surface area is 99.8 Å². The van der Waals surface area contributed by atoms with Gasteiger partial charge < -0.3 is 4.90 Å². The van der Waals surface area contributed by atoms with Gasteiger partial charge in [0.1, 0.15) is 0 Å². The number of allylic oxidation sites excluding steroid dienone is 4. The molecule has 0 amide bonds. The maximum absolute atomic E-state index is 4.08. The Morgan fingerprint density at radius 3 is 2.38 bits per heavy atom. The van der Waals surface area contributed by atoms with Gasteiger partial charge in [0.15, 0.2) is 0 Å². The fourth-order valence-corrected chi connectivity index (χ4v) is 1.53. The normalized spacial score (nSPS) is 15.7. The summed E-state index contributed by atoms with van der Waals surface area (Å²) in [6, 6.07) is 0.826. The van der Waals surface area contributed by atoms with Crippen LogP contribution in [0.15, 0.2) is 48.6 Å². The van der Waals surface area contributed by atoms with Gasteiger partial charge in [-0.2, -0.15) is 0 Å². The molecule has 0 saturated heterocycles.